The van der Waals surface area contributed by atoms with Crippen molar-refractivity contribution in [2.45, 2.75) is 32.1 Å². The summed E-state index contributed by atoms with van der Waals surface area (Å²) in [6, 6.07) is 8.84. The molecular formula is C17H19NO. The Labute approximate surface area is 114 Å². The molecule has 0 spiro atoms. The highest BCUT2D eigenvalue weighted by molar-refractivity contribution is 5.64. The smallest absolute Gasteiger partial charge is 0.108 e. The van der Waals surface area contributed by atoms with Crippen LogP contribution in [0.15, 0.2) is 34.9 Å². The molecule has 0 bridgehead atoms. The van der Waals surface area contributed by atoms with Crippen molar-refractivity contribution in [2.24, 2.45) is 0 Å². The van der Waals surface area contributed by atoms with Crippen molar-refractivity contribution >= 4 is 5.69 Å². The van der Waals surface area contributed by atoms with Gasteiger partial charge in [-0.15, -0.1) is 0 Å². The Kier molecular flexibility index (Phi) is 2.61. The molecule has 1 aromatic carbocycles. The lowest BCUT2D eigenvalue weighted by molar-refractivity contribution is 0.520. The van der Waals surface area contributed by atoms with E-state index in [1.807, 2.05) is 6.07 Å². The van der Waals surface area contributed by atoms with Crippen molar-refractivity contribution in [3.05, 3.63) is 53.0 Å². The Hall–Kier alpha value is -1.70. The molecule has 2 aliphatic rings. The molecular weight excluding hydrogens is 234 g/mol. The van der Waals surface area contributed by atoms with Gasteiger partial charge in [-0.2, -0.15) is 0 Å². The molecule has 0 saturated heterocycles. The molecule has 2 aromatic rings. The second kappa shape index (κ2) is 4.44. The lowest BCUT2D eigenvalue weighted by Gasteiger charge is -2.37. The summed E-state index contributed by atoms with van der Waals surface area (Å²) in [4.78, 5) is 2.59. The van der Waals surface area contributed by atoms with Crippen molar-refractivity contribution in [3.63, 3.8) is 0 Å². The number of aryl methyl sites for hydroxylation is 2. The van der Waals surface area contributed by atoms with Crippen LogP contribution >= 0.6 is 0 Å². The summed E-state index contributed by atoms with van der Waals surface area (Å²) in [6.45, 7) is 2.50. The van der Waals surface area contributed by atoms with E-state index in [-0.39, 0.29) is 0 Å². The molecule has 3 heterocycles. The summed E-state index contributed by atoms with van der Waals surface area (Å²) in [5.74, 6) is 1.07. The Balaban J connectivity index is 1.74. The van der Waals surface area contributed by atoms with Crippen LogP contribution in [-0.2, 0) is 19.3 Å². The zero-order valence-corrected chi connectivity index (χ0v) is 11.2. The monoisotopic (exact) mass is 253 g/mol. The van der Waals surface area contributed by atoms with Gasteiger partial charge >= 0.3 is 0 Å². The minimum absolute atomic E-state index is 0.924. The van der Waals surface area contributed by atoms with Gasteiger partial charge in [0, 0.05) is 25.2 Å². The van der Waals surface area contributed by atoms with E-state index in [0.29, 0.717) is 0 Å². The second-order valence-corrected chi connectivity index (χ2v) is 5.71. The van der Waals surface area contributed by atoms with E-state index in [1.54, 1.807) is 23.1 Å². The summed E-state index contributed by atoms with van der Waals surface area (Å²) in [7, 11) is 0. The first-order chi connectivity index (χ1) is 9.40. The topological polar surface area (TPSA) is 16.4 Å². The maximum absolute atomic E-state index is 5.48. The quantitative estimate of drug-likeness (QED) is 0.813. The van der Waals surface area contributed by atoms with Crippen LogP contribution in [0.5, 0.6) is 0 Å². The molecule has 2 nitrogen and oxygen atoms in total. The zero-order valence-electron chi connectivity index (χ0n) is 11.2. The molecule has 4 rings (SSSR count). The van der Waals surface area contributed by atoms with Crippen LogP contribution in [0.3, 0.4) is 0 Å². The molecule has 0 atom stereocenters. The first-order valence-corrected chi connectivity index (χ1v) is 7.32. The molecule has 1 aromatic heterocycles. The highest BCUT2D eigenvalue weighted by Crippen LogP contribution is 2.36. The van der Waals surface area contributed by atoms with Gasteiger partial charge in [-0.05, 0) is 54.5 Å². The van der Waals surface area contributed by atoms with Crippen molar-refractivity contribution in [2.75, 3.05) is 18.0 Å². The van der Waals surface area contributed by atoms with Crippen LogP contribution < -0.4 is 4.90 Å². The van der Waals surface area contributed by atoms with Crippen LogP contribution in [-0.4, -0.2) is 13.1 Å². The maximum atomic E-state index is 5.48. The Morgan fingerprint density at radius 1 is 1.05 bits per heavy atom. The number of hydrogen-bond donors (Lipinski definition) is 0. The normalized spacial score (nSPS) is 17.4. The highest BCUT2D eigenvalue weighted by atomic mass is 16.3. The minimum atomic E-state index is 0.924. The molecule has 0 N–H and O–H groups in total. The summed E-state index contributed by atoms with van der Waals surface area (Å²) >= 11 is 0. The number of furan rings is 1. The van der Waals surface area contributed by atoms with E-state index < -0.39 is 0 Å². The molecule has 0 radical (unpaired) electrons. The Morgan fingerprint density at radius 2 is 1.79 bits per heavy atom. The molecule has 2 aliphatic heterocycles. The van der Waals surface area contributed by atoms with E-state index >= 15 is 0 Å². The molecule has 2 heteroatoms. The number of anilines is 1. The van der Waals surface area contributed by atoms with Gasteiger partial charge in [0.25, 0.3) is 0 Å². The van der Waals surface area contributed by atoms with Crippen LogP contribution in [0.4, 0.5) is 5.69 Å². The van der Waals surface area contributed by atoms with Gasteiger partial charge < -0.3 is 9.32 Å². The first kappa shape index (κ1) is 11.2. The Bertz CT molecular complexity index is 554. The Morgan fingerprint density at radius 3 is 2.42 bits per heavy atom. The molecule has 0 amide bonds. The predicted octanol–water partition coefficient (Wildman–Crippen LogP) is 3.57. The van der Waals surface area contributed by atoms with Crippen LogP contribution in [0, 0.1) is 0 Å². The number of benzene rings is 1. The number of hydrogen-bond acceptors (Lipinski definition) is 2. The van der Waals surface area contributed by atoms with E-state index in [1.165, 1.54) is 44.3 Å². The molecule has 0 fully saturated rings. The lowest BCUT2D eigenvalue weighted by Crippen LogP contribution is -2.34. The molecule has 98 valence electrons. The average Bonchev–Trinajstić information content (AvgIpc) is 2.92. The second-order valence-electron chi connectivity index (χ2n) is 5.71. The summed E-state index contributed by atoms with van der Waals surface area (Å²) in [5, 5.41) is 0. The van der Waals surface area contributed by atoms with Crippen LogP contribution in [0.1, 0.15) is 35.3 Å². The third-order valence-corrected chi connectivity index (χ3v) is 4.35. The van der Waals surface area contributed by atoms with Gasteiger partial charge in [-0.25, -0.2) is 0 Å². The summed E-state index contributed by atoms with van der Waals surface area (Å²) in [5.41, 5.74) is 6.09. The molecule has 0 unspecified atom stereocenters. The van der Waals surface area contributed by atoms with E-state index in [0.717, 1.165) is 12.2 Å². The van der Waals surface area contributed by atoms with Gasteiger partial charge in [0.05, 0.1) is 6.26 Å². The SMILES string of the molecule is c1coc(Cc2cc3c4c(c2)CCCN4CCC3)c1. The maximum Gasteiger partial charge on any atom is 0.108 e. The third-order valence-electron chi connectivity index (χ3n) is 4.35. The van der Waals surface area contributed by atoms with Gasteiger partial charge in [0.2, 0.25) is 0 Å². The van der Waals surface area contributed by atoms with Gasteiger partial charge in [0.15, 0.2) is 0 Å². The standard InChI is InChI=1S/C17H19NO/c1-4-14-10-13(12-16-6-3-9-19-16)11-15-5-2-8-18(7-1)17(14)15/h3,6,9-11H,1-2,4-5,7-8,12H2. The largest absolute Gasteiger partial charge is 0.469 e. The molecule has 19 heavy (non-hydrogen) atoms. The fourth-order valence-corrected chi connectivity index (χ4v) is 3.59. The van der Waals surface area contributed by atoms with Crippen LogP contribution in [0.2, 0.25) is 0 Å². The van der Waals surface area contributed by atoms with Crippen LogP contribution in [0.25, 0.3) is 0 Å². The predicted molar refractivity (Wildman–Crippen MR) is 76.8 cm³/mol. The van der Waals surface area contributed by atoms with E-state index in [2.05, 4.69) is 23.1 Å². The third kappa shape index (κ3) is 1.95. The molecule has 0 aliphatic carbocycles. The molecule has 0 saturated carbocycles. The lowest BCUT2D eigenvalue weighted by atomic mass is 9.89. The van der Waals surface area contributed by atoms with Gasteiger partial charge in [0.1, 0.15) is 5.76 Å². The number of nitrogens with zero attached hydrogens (tertiary/aromatic N) is 1. The zero-order chi connectivity index (χ0) is 12.7. The highest BCUT2D eigenvalue weighted by Gasteiger charge is 2.24. The summed E-state index contributed by atoms with van der Waals surface area (Å²) < 4.78 is 5.48. The van der Waals surface area contributed by atoms with Crippen molar-refractivity contribution in [1.82, 2.24) is 0 Å². The van der Waals surface area contributed by atoms with Gasteiger partial charge in [-0.3, -0.25) is 0 Å². The van der Waals surface area contributed by atoms with E-state index in [9.17, 15) is 0 Å². The number of rotatable bonds is 2. The fraction of sp³-hybridized carbons (Fsp3) is 0.412. The van der Waals surface area contributed by atoms with Crippen molar-refractivity contribution < 1.29 is 4.42 Å². The van der Waals surface area contributed by atoms with Crippen molar-refractivity contribution in [3.8, 4) is 0 Å². The first-order valence-electron chi connectivity index (χ1n) is 7.32. The average molecular weight is 253 g/mol. The fourth-order valence-electron chi connectivity index (χ4n) is 3.59. The van der Waals surface area contributed by atoms with Gasteiger partial charge in [-0.1, -0.05) is 12.1 Å². The van der Waals surface area contributed by atoms with Crippen molar-refractivity contribution in [1.29, 1.82) is 0 Å². The minimum Gasteiger partial charge on any atom is -0.469 e. The van der Waals surface area contributed by atoms with E-state index in [4.69, 9.17) is 4.42 Å². The summed E-state index contributed by atoms with van der Waals surface area (Å²) in [6.07, 6.45) is 7.77.